The molecule has 0 saturated carbocycles. The van der Waals surface area contributed by atoms with Crippen LogP contribution in [0.1, 0.15) is 68.8 Å². The summed E-state index contributed by atoms with van der Waals surface area (Å²) in [4.78, 5) is 32.8. The minimum Gasteiger partial charge on any atom is -0.383 e. The topological polar surface area (TPSA) is 168 Å². The highest BCUT2D eigenvalue weighted by Crippen LogP contribution is 2.28. The Morgan fingerprint density at radius 1 is 1.25 bits per heavy atom. The van der Waals surface area contributed by atoms with Crippen LogP contribution < -0.4 is 16.8 Å². The molecule has 3 rings (SSSR count). The van der Waals surface area contributed by atoms with Gasteiger partial charge in [-0.1, -0.05) is 25.9 Å². The monoisotopic (exact) mass is 440 g/mol. The van der Waals surface area contributed by atoms with E-state index in [9.17, 15) is 9.59 Å². The summed E-state index contributed by atoms with van der Waals surface area (Å²) in [6, 6.07) is 1.65. The predicted molar refractivity (Wildman–Crippen MR) is 119 cm³/mol. The number of nitrogens with zero attached hydrogens (tertiary/aromatic N) is 5. The zero-order valence-electron chi connectivity index (χ0n) is 18.8. The number of primary amides is 1. The van der Waals surface area contributed by atoms with Crippen LogP contribution in [0.2, 0.25) is 0 Å². The second-order valence-corrected chi connectivity index (χ2v) is 8.44. The Labute approximate surface area is 185 Å². The largest absolute Gasteiger partial charge is 0.383 e. The van der Waals surface area contributed by atoms with E-state index in [2.05, 4.69) is 46.3 Å². The van der Waals surface area contributed by atoms with Gasteiger partial charge in [0.2, 0.25) is 11.8 Å². The van der Waals surface area contributed by atoms with Gasteiger partial charge in [0, 0.05) is 23.7 Å². The van der Waals surface area contributed by atoms with Crippen molar-refractivity contribution in [2.45, 2.75) is 58.9 Å². The van der Waals surface area contributed by atoms with Crippen LogP contribution in [0.5, 0.6) is 0 Å². The molecule has 0 unspecified atom stereocenters. The molecule has 3 heterocycles. The molecule has 2 amide bonds. The molecule has 0 atom stereocenters. The van der Waals surface area contributed by atoms with Crippen LogP contribution in [0.4, 0.5) is 11.7 Å². The van der Waals surface area contributed by atoms with Crippen LogP contribution in [0, 0.1) is 0 Å². The van der Waals surface area contributed by atoms with E-state index >= 15 is 0 Å². The molecule has 0 aromatic carbocycles. The second-order valence-electron chi connectivity index (χ2n) is 8.44. The van der Waals surface area contributed by atoms with Crippen LogP contribution >= 0.6 is 0 Å². The number of rotatable bonds is 8. The maximum Gasteiger partial charge on any atom is 0.254 e. The van der Waals surface area contributed by atoms with Crippen molar-refractivity contribution in [3.05, 3.63) is 35.4 Å². The number of nitrogens with two attached hydrogens (primary N) is 2. The van der Waals surface area contributed by atoms with Gasteiger partial charge in [0.05, 0.1) is 24.0 Å². The van der Waals surface area contributed by atoms with Crippen LogP contribution in [-0.2, 0) is 16.6 Å². The lowest BCUT2D eigenvalue weighted by Gasteiger charge is -2.18. The summed E-state index contributed by atoms with van der Waals surface area (Å²) >= 11 is 0. The minimum atomic E-state index is -0.702. The zero-order valence-corrected chi connectivity index (χ0v) is 18.8. The number of amides is 2. The molecular weight excluding hydrogens is 412 g/mol. The molecule has 5 N–H and O–H groups in total. The molecule has 3 aromatic heterocycles. The lowest BCUT2D eigenvalue weighted by Crippen LogP contribution is -2.16. The molecule has 0 radical (unpaired) electrons. The molecule has 11 heteroatoms. The van der Waals surface area contributed by atoms with E-state index in [0.717, 1.165) is 12.1 Å². The third-order valence-corrected chi connectivity index (χ3v) is 5.32. The molecule has 0 saturated heterocycles. The zero-order chi connectivity index (χ0) is 23.6. The fourth-order valence-electron chi connectivity index (χ4n) is 3.01. The fourth-order valence-corrected chi connectivity index (χ4v) is 3.01. The Kier molecular flexibility index (Phi) is 6.28. The van der Waals surface area contributed by atoms with E-state index in [0.29, 0.717) is 11.4 Å². The summed E-state index contributed by atoms with van der Waals surface area (Å²) in [5, 5.41) is 11.1. The van der Waals surface area contributed by atoms with Crippen molar-refractivity contribution >= 4 is 23.5 Å². The van der Waals surface area contributed by atoms with E-state index in [1.807, 2.05) is 13.8 Å². The van der Waals surface area contributed by atoms with E-state index in [-0.39, 0.29) is 46.7 Å². The van der Waals surface area contributed by atoms with Crippen LogP contribution in [-0.4, -0.2) is 36.7 Å². The summed E-state index contributed by atoms with van der Waals surface area (Å²) in [5.74, 6) is -0.579. The number of aromatic nitrogens is 5. The van der Waals surface area contributed by atoms with E-state index in [1.165, 1.54) is 17.1 Å². The number of anilines is 2. The number of carbonyl (C=O) groups is 2. The quantitative estimate of drug-likeness (QED) is 0.480. The highest BCUT2D eigenvalue weighted by molar-refractivity contribution is 6.02. The average Bonchev–Trinajstić information content (AvgIpc) is 3.33. The summed E-state index contributed by atoms with van der Waals surface area (Å²) < 4.78 is 6.73. The Hall–Kier alpha value is -3.76. The van der Waals surface area contributed by atoms with Gasteiger partial charge in [-0.05, 0) is 20.3 Å². The van der Waals surface area contributed by atoms with Gasteiger partial charge < -0.3 is 16.0 Å². The fraction of sp³-hybridized carbons (Fsp3) is 0.429. The van der Waals surface area contributed by atoms with Crippen molar-refractivity contribution in [2.75, 3.05) is 11.1 Å². The SMILES string of the molecule is CCC(C)(C)c1cc(NC(=O)Cc2cnc(-c3nn(C(C)C)c(N)c3C(N)=O)cn2)on1. The maximum atomic E-state index is 12.4. The lowest BCUT2D eigenvalue weighted by atomic mass is 9.87. The lowest BCUT2D eigenvalue weighted by molar-refractivity contribution is -0.115. The number of hydrogen-bond acceptors (Lipinski definition) is 8. The standard InChI is InChI=1S/C21H28N8O3/c1-6-21(4,5)14-8-16(32-28-14)26-15(30)7-12-9-25-13(10-24-12)18-17(20(23)31)19(22)29(27-18)11(2)3/h8-11H,6-7,22H2,1-5H3,(H2,23,31)(H,26,30). The predicted octanol–water partition coefficient (Wildman–Crippen LogP) is 2.46. The van der Waals surface area contributed by atoms with Gasteiger partial charge in [0.15, 0.2) is 0 Å². The van der Waals surface area contributed by atoms with Crippen molar-refractivity contribution < 1.29 is 14.1 Å². The first-order valence-corrected chi connectivity index (χ1v) is 10.3. The van der Waals surface area contributed by atoms with E-state index in [4.69, 9.17) is 16.0 Å². The Bertz CT molecular complexity index is 1130. The molecule has 0 bridgehead atoms. The van der Waals surface area contributed by atoms with Crippen molar-refractivity contribution in [3.63, 3.8) is 0 Å². The average molecular weight is 441 g/mol. The summed E-state index contributed by atoms with van der Waals surface area (Å²) in [6.07, 6.45) is 3.73. The Balaban J connectivity index is 1.74. The molecule has 170 valence electrons. The number of hydrogen-bond donors (Lipinski definition) is 3. The molecule has 0 spiro atoms. The molecule has 32 heavy (non-hydrogen) atoms. The second kappa shape index (κ2) is 8.77. The number of nitrogen functional groups attached to an aromatic ring is 1. The van der Waals surface area contributed by atoms with Crippen molar-refractivity contribution in [2.24, 2.45) is 5.73 Å². The van der Waals surface area contributed by atoms with E-state index in [1.54, 1.807) is 6.07 Å². The highest BCUT2D eigenvalue weighted by atomic mass is 16.5. The van der Waals surface area contributed by atoms with Crippen LogP contribution in [0.3, 0.4) is 0 Å². The Morgan fingerprint density at radius 2 is 1.97 bits per heavy atom. The minimum absolute atomic E-state index is 0.0221. The van der Waals surface area contributed by atoms with Gasteiger partial charge in [-0.25, -0.2) is 4.68 Å². The van der Waals surface area contributed by atoms with E-state index < -0.39 is 5.91 Å². The first-order chi connectivity index (χ1) is 15.0. The van der Waals surface area contributed by atoms with Gasteiger partial charge in [0.25, 0.3) is 5.91 Å². The molecular formula is C21H28N8O3. The van der Waals surface area contributed by atoms with Gasteiger partial charge in [-0.3, -0.25) is 24.9 Å². The van der Waals surface area contributed by atoms with Crippen LogP contribution in [0.15, 0.2) is 23.0 Å². The normalized spacial score (nSPS) is 11.7. The first-order valence-electron chi connectivity index (χ1n) is 10.3. The molecule has 3 aromatic rings. The Morgan fingerprint density at radius 3 is 2.53 bits per heavy atom. The maximum absolute atomic E-state index is 12.4. The third kappa shape index (κ3) is 4.61. The number of nitrogens with one attached hydrogen (secondary N) is 1. The molecule has 0 fully saturated rings. The van der Waals surface area contributed by atoms with Crippen LogP contribution in [0.25, 0.3) is 11.4 Å². The summed E-state index contributed by atoms with van der Waals surface area (Å²) in [6.45, 7) is 9.92. The third-order valence-electron chi connectivity index (χ3n) is 5.32. The first kappa shape index (κ1) is 22.9. The smallest absolute Gasteiger partial charge is 0.254 e. The summed E-state index contributed by atoms with van der Waals surface area (Å²) in [5.41, 5.74) is 13.2. The van der Waals surface area contributed by atoms with Crippen molar-refractivity contribution in [1.82, 2.24) is 24.9 Å². The molecule has 11 nitrogen and oxygen atoms in total. The molecule has 0 aliphatic rings. The van der Waals surface area contributed by atoms with Crippen molar-refractivity contribution in [1.29, 1.82) is 0 Å². The van der Waals surface area contributed by atoms with Gasteiger partial charge >= 0.3 is 0 Å². The van der Waals surface area contributed by atoms with Gasteiger partial charge in [0.1, 0.15) is 22.8 Å². The summed E-state index contributed by atoms with van der Waals surface area (Å²) in [7, 11) is 0. The van der Waals surface area contributed by atoms with Gasteiger partial charge in [-0.2, -0.15) is 5.10 Å². The number of carbonyl (C=O) groups excluding carboxylic acids is 2. The van der Waals surface area contributed by atoms with Crippen molar-refractivity contribution in [3.8, 4) is 11.4 Å². The molecule has 0 aliphatic carbocycles. The van der Waals surface area contributed by atoms with Gasteiger partial charge in [-0.15, -0.1) is 0 Å². The molecule has 0 aliphatic heterocycles. The highest BCUT2D eigenvalue weighted by Gasteiger charge is 2.25.